The van der Waals surface area contributed by atoms with Crippen molar-refractivity contribution >= 4 is 22.1 Å². The van der Waals surface area contributed by atoms with Gasteiger partial charge in [0.15, 0.2) is 0 Å². The SMILES string of the molecule is C=C(CC1CCCC1)CC(C(=C)C1CC(Oc2cc(C3=CCC(CC(C)C)=C3)cc3c(C(C)(C)C)cccc23)CC1C(=C)CC1(C(C)=O)CC1C)C(C)(C)C. The Labute approximate surface area is 336 Å². The minimum atomic E-state index is -0.244. The van der Waals surface area contributed by atoms with Gasteiger partial charge in [-0.25, -0.2) is 0 Å². The third-order valence-electron chi connectivity index (χ3n) is 14.3. The van der Waals surface area contributed by atoms with Crippen LogP contribution >= 0.6 is 0 Å². The van der Waals surface area contributed by atoms with Gasteiger partial charge in [0, 0.05) is 10.8 Å². The van der Waals surface area contributed by atoms with E-state index in [1.807, 2.05) is 0 Å². The molecule has 2 aromatic rings. The summed E-state index contributed by atoms with van der Waals surface area (Å²) in [5, 5.41) is 2.48. The molecule has 2 nitrogen and oxygen atoms in total. The fourth-order valence-corrected chi connectivity index (χ4v) is 11.0. The lowest BCUT2D eigenvalue weighted by molar-refractivity contribution is -0.122. The molecule has 0 saturated heterocycles. The first kappa shape index (κ1) is 41.5. The van der Waals surface area contributed by atoms with E-state index in [9.17, 15) is 4.79 Å². The lowest BCUT2D eigenvalue weighted by atomic mass is 9.67. The number of carbonyl (C=O) groups excluding carboxylic acids is 1. The maximum atomic E-state index is 13.0. The van der Waals surface area contributed by atoms with Crippen molar-refractivity contribution in [3.05, 3.63) is 95.6 Å². The van der Waals surface area contributed by atoms with Crippen molar-refractivity contribution in [3.8, 4) is 5.75 Å². The van der Waals surface area contributed by atoms with Gasteiger partial charge in [0.25, 0.3) is 0 Å². The molecule has 3 fully saturated rings. The first-order chi connectivity index (χ1) is 25.8. The minimum Gasteiger partial charge on any atom is -0.490 e. The number of carbonyl (C=O) groups is 1. The van der Waals surface area contributed by atoms with Crippen LogP contribution in [0.3, 0.4) is 0 Å². The van der Waals surface area contributed by atoms with Crippen molar-refractivity contribution in [2.75, 3.05) is 0 Å². The molecule has 4 aliphatic rings. The van der Waals surface area contributed by atoms with Gasteiger partial charge in [0.1, 0.15) is 11.5 Å². The molecule has 4 aliphatic carbocycles. The number of rotatable bonds is 15. The highest BCUT2D eigenvalue weighted by Gasteiger charge is 2.56. The molecule has 6 atom stereocenters. The van der Waals surface area contributed by atoms with E-state index in [0.29, 0.717) is 23.5 Å². The standard InChI is InChI=1S/C53H74O2/c1-33(2)23-40-21-22-41(26-40)42-27-47-44(19-16-20-48(47)51(8,9)10)50(28-42)55-43-29-45(35(4)31-53(38(7)54)32-36(53)5)46(30-43)37(6)49(52(11,12)13)25-34(3)24-39-17-14-15-18-39/h16,19-20,22,26-28,33,36,39,43,45-46,49H,3-4,6,14-15,17-18,21,23-25,29-32H2,1-2,5,7-13H3. The Bertz CT molecular complexity index is 1860. The Morgan fingerprint density at radius 2 is 1.64 bits per heavy atom. The molecule has 3 saturated carbocycles. The topological polar surface area (TPSA) is 26.3 Å². The summed E-state index contributed by atoms with van der Waals surface area (Å²) in [6.07, 6.45) is 18.2. The van der Waals surface area contributed by atoms with Gasteiger partial charge < -0.3 is 4.74 Å². The van der Waals surface area contributed by atoms with Crippen LogP contribution in [0, 0.1) is 46.3 Å². The minimum absolute atomic E-state index is 0.00646. The van der Waals surface area contributed by atoms with Crippen LogP contribution in [0.1, 0.15) is 157 Å². The zero-order valence-corrected chi connectivity index (χ0v) is 36.5. The first-order valence-corrected chi connectivity index (χ1v) is 21.9. The van der Waals surface area contributed by atoms with Gasteiger partial charge in [-0.1, -0.05) is 160 Å². The van der Waals surface area contributed by atoms with Gasteiger partial charge in [-0.15, -0.1) is 0 Å². The van der Waals surface area contributed by atoms with Crippen molar-refractivity contribution in [1.29, 1.82) is 0 Å². The molecular weight excluding hydrogens is 669 g/mol. The van der Waals surface area contributed by atoms with Crippen molar-refractivity contribution in [3.63, 3.8) is 0 Å². The molecule has 55 heavy (non-hydrogen) atoms. The number of benzene rings is 2. The summed E-state index contributed by atoms with van der Waals surface area (Å²) in [5.41, 5.74) is 9.18. The summed E-state index contributed by atoms with van der Waals surface area (Å²) in [6.45, 7) is 37.2. The molecule has 0 N–H and O–H groups in total. The highest BCUT2D eigenvalue weighted by atomic mass is 16.5. The van der Waals surface area contributed by atoms with Crippen LogP contribution in [0.25, 0.3) is 16.3 Å². The molecule has 0 aliphatic heterocycles. The average molecular weight is 743 g/mol. The van der Waals surface area contributed by atoms with E-state index in [1.54, 1.807) is 6.92 Å². The Kier molecular flexibility index (Phi) is 12.1. The maximum absolute atomic E-state index is 13.0. The van der Waals surface area contributed by atoms with Crippen LogP contribution in [0.2, 0.25) is 0 Å². The van der Waals surface area contributed by atoms with Gasteiger partial charge in [-0.05, 0) is 139 Å². The second kappa shape index (κ2) is 16.0. The number of hydrogen-bond donors (Lipinski definition) is 0. The molecule has 0 bridgehead atoms. The van der Waals surface area contributed by atoms with Crippen molar-refractivity contribution in [2.45, 2.75) is 158 Å². The summed E-state index contributed by atoms with van der Waals surface area (Å²) < 4.78 is 7.34. The van der Waals surface area contributed by atoms with E-state index in [-0.39, 0.29) is 34.2 Å². The fourth-order valence-electron chi connectivity index (χ4n) is 11.0. The highest BCUT2D eigenvalue weighted by molar-refractivity contribution is 5.96. The molecule has 0 aromatic heterocycles. The van der Waals surface area contributed by atoms with E-state index in [2.05, 4.69) is 111 Å². The molecule has 0 heterocycles. The maximum Gasteiger partial charge on any atom is 0.136 e. The zero-order valence-electron chi connectivity index (χ0n) is 36.5. The van der Waals surface area contributed by atoms with Gasteiger partial charge in [-0.2, -0.15) is 0 Å². The average Bonchev–Trinajstić information content (AvgIpc) is 3.57. The number of allylic oxidation sites excluding steroid dienone is 7. The number of Topliss-reactive ketones (excluding diaryl/α,β-unsaturated/α-hetero) is 1. The number of ether oxygens (including phenoxy) is 1. The van der Waals surface area contributed by atoms with Crippen LogP contribution in [0.4, 0.5) is 0 Å². The largest absolute Gasteiger partial charge is 0.490 e. The second-order valence-electron chi connectivity index (χ2n) is 21.3. The van der Waals surface area contributed by atoms with Crippen molar-refractivity contribution < 1.29 is 9.53 Å². The summed E-state index contributed by atoms with van der Waals surface area (Å²) >= 11 is 0. The summed E-state index contributed by atoms with van der Waals surface area (Å²) in [7, 11) is 0. The van der Waals surface area contributed by atoms with Crippen LogP contribution in [0.5, 0.6) is 5.75 Å². The fraction of sp³-hybridized carbons (Fsp3) is 0.604. The predicted molar refractivity (Wildman–Crippen MR) is 236 cm³/mol. The van der Waals surface area contributed by atoms with E-state index >= 15 is 0 Å². The highest BCUT2D eigenvalue weighted by Crippen LogP contribution is 2.59. The van der Waals surface area contributed by atoms with Gasteiger partial charge in [0.2, 0.25) is 0 Å². The summed E-state index contributed by atoms with van der Waals surface area (Å²) in [4.78, 5) is 13.0. The van der Waals surface area contributed by atoms with Crippen molar-refractivity contribution in [2.24, 2.45) is 46.3 Å². The Hall–Kier alpha value is -3.13. The lowest BCUT2D eigenvalue weighted by Gasteiger charge is -2.38. The van der Waals surface area contributed by atoms with Crippen LogP contribution < -0.4 is 4.74 Å². The number of ketones is 1. The van der Waals surface area contributed by atoms with Gasteiger partial charge in [-0.3, -0.25) is 4.79 Å². The number of hydrogen-bond acceptors (Lipinski definition) is 2. The first-order valence-electron chi connectivity index (χ1n) is 21.9. The third kappa shape index (κ3) is 9.21. The Balaban J connectivity index is 1.35. The quantitative estimate of drug-likeness (QED) is 0.170. The van der Waals surface area contributed by atoms with E-state index in [1.165, 1.54) is 75.4 Å². The van der Waals surface area contributed by atoms with E-state index in [0.717, 1.165) is 63.0 Å². The van der Waals surface area contributed by atoms with Crippen LogP contribution in [-0.2, 0) is 10.2 Å². The Morgan fingerprint density at radius 1 is 0.964 bits per heavy atom. The lowest BCUT2D eigenvalue weighted by Crippen LogP contribution is -2.29. The molecule has 0 amide bonds. The van der Waals surface area contributed by atoms with E-state index < -0.39 is 0 Å². The number of fused-ring (bicyclic) bond motifs is 1. The monoisotopic (exact) mass is 743 g/mol. The normalized spacial score (nSPS) is 26.3. The summed E-state index contributed by atoms with van der Waals surface area (Å²) in [6, 6.07) is 11.5. The molecule has 0 spiro atoms. The molecule has 2 aromatic carbocycles. The smallest absolute Gasteiger partial charge is 0.136 e. The molecule has 6 unspecified atom stereocenters. The van der Waals surface area contributed by atoms with Gasteiger partial charge in [0.05, 0.1) is 6.10 Å². The molecule has 6 rings (SSSR count). The molecule has 2 heteroatoms. The van der Waals surface area contributed by atoms with Crippen LogP contribution in [-0.4, -0.2) is 11.9 Å². The van der Waals surface area contributed by atoms with E-state index in [4.69, 9.17) is 17.9 Å². The van der Waals surface area contributed by atoms with Crippen LogP contribution in [0.15, 0.2) is 84.5 Å². The second-order valence-corrected chi connectivity index (χ2v) is 21.3. The third-order valence-corrected chi connectivity index (χ3v) is 14.3. The summed E-state index contributed by atoms with van der Waals surface area (Å²) in [5.74, 6) is 3.97. The predicted octanol–water partition coefficient (Wildman–Crippen LogP) is 15.0. The molecule has 0 radical (unpaired) electrons. The van der Waals surface area contributed by atoms with Crippen molar-refractivity contribution in [1.82, 2.24) is 0 Å². The zero-order chi connectivity index (χ0) is 40.0. The van der Waals surface area contributed by atoms with Gasteiger partial charge >= 0.3 is 0 Å². The molecular formula is C53H74O2. The molecule has 298 valence electrons. The Morgan fingerprint density at radius 3 is 2.24 bits per heavy atom.